The number of halogens is 2. The van der Waals surface area contributed by atoms with Crippen LogP contribution in [0, 0.1) is 0 Å². The highest BCUT2D eigenvalue weighted by Gasteiger charge is 2.32. The number of hydrogen-bond acceptors (Lipinski definition) is 2. The summed E-state index contributed by atoms with van der Waals surface area (Å²) in [5, 5.41) is 12.9. The summed E-state index contributed by atoms with van der Waals surface area (Å²) < 4.78 is 0.728. The molecule has 7 heteroatoms. The number of nitrogens with zero attached hydrogens (tertiary/aromatic N) is 1. The zero-order valence-electron chi connectivity index (χ0n) is 15.4. The standard InChI is InChI=1S/C20H22BrClN2O3/c1-20(2,3)24(19(26)27)12-15(13-7-5-4-6-8-13)18(25)23-14-9-10-16(21)17(22)11-14/h4-11,15H,12H2,1-3H3,(H,23,25)(H,26,27). The molecule has 2 rings (SSSR count). The lowest BCUT2D eigenvalue weighted by Gasteiger charge is -2.35. The Morgan fingerprint density at radius 2 is 1.81 bits per heavy atom. The van der Waals surface area contributed by atoms with Crippen molar-refractivity contribution in [1.82, 2.24) is 4.90 Å². The molecular weight excluding hydrogens is 432 g/mol. The average molecular weight is 454 g/mol. The predicted octanol–water partition coefficient (Wildman–Crippen LogP) is 5.60. The molecule has 5 nitrogen and oxygen atoms in total. The smallest absolute Gasteiger partial charge is 0.407 e. The van der Waals surface area contributed by atoms with Gasteiger partial charge in [-0.25, -0.2) is 4.79 Å². The summed E-state index contributed by atoms with van der Waals surface area (Å²) in [5.74, 6) is -0.959. The van der Waals surface area contributed by atoms with Gasteiger partial charge in [0.1, 0.15) is 0 Å². The third kappa shape index (κ3) is 5.71. The second-order valence-corrected chi connectivity index (χ2v) is 8.41. The van der Waals surface area contributed by atoms with E-state index in [1.165, 1.54) is 4.90 Å². The van der Waals surface area contributed by atoms with E-state index in [2.05, 4.69) is 21.2 Å². The molecule has 1 unspecified atom stereocenters. The first-order valence-corrected chi connectivity index (χ1v) is 9.58. The zero-order chi connectivity index (χ0) is 20.2. The second-order valence-electron chi connectivity index (χ2n) is 7.15. The van der Waals surface area contributed by atoms with Crippen molar-refractivity contribution in [2.24, 2.45) is 0 Å². The lowest BCUT2D eigenvalue weighted by atomic mass is 9.95. The Morgan fingerprint density at radius 3 is 2.33 bits per heavy atom. The van der Waals surface area contributed by atoms with Gasteiger partial charge in [0.25, 0.3) is 0 Å². The number of carbonyl (C=O) groups is 2. The van der Waals surface area contributed by atoms with Crippen molar-refractivity contribution in [3.8, 4) is 0 Å². The van der Waals surface area contributed by atoms with Gasteiger partial charge in [0.05, 0.1) is 10.9 Å². The lowest BCUT2D eigenvalue weighted by Crippen LogP contribution is -2.48. The zero-order valence-corrected chi connectivity index (χ0v) is 17.7. The van der Waals surface area contributed by atoms with Crippen molar-refractivity contribution >= 4 is 45.2 Å². The van der Waals surface area contributed by atoms with Gasteiger partial charge in [0, 0.05) is 22.2 Å². The number of nitrogens with one attached hydrogen (secondary N) is 1. The van der Waals surface area contributed by atoms with E-state index < -0.39 is 17.6 Å². The number of benzene rings is 2. The van der Waals surface area contributed by atoms with Crippen LogP contribution in [-0.2, 0) is 4.79 Å². The fraction of sp³-hybridized carbons (Fsp3) is 0.300. The molecule has 1 atom stereocenters. The summed E-state index contributed by atoms with van der Waals surface area (Å²) in [5.41, 5.74) is 0.653. The molecular formula is C20H22BrClN2O3. The highest BCUT2D eigenvalue weighted by Crippen LogP contribution is 2.28. The minimum absolute atomic E-state index is 0.0406. The maximum absolute atomic E-state index is 13.0. The SMILES string of the molecule is CC(C)(C)N(CC(C(=O)Nc1ccc(Br)c(Cl)c1)c1ccccc1)C(=O)O. The predicted molar refractivity (Wildman–Crippen MR) is 111 cm³/mol. The largest absolute Gasteiger partial charge is 0.465 e. The van der Waals surface area contributed by atoms with Crippen LogP contribution in [0.3, 0.4) is 0 Å². The van der Waals surface area contributed by atoms with Crippen LogP contribution in [0.2, 0.25) is 5.02 Å². The molecule has 0 aliphatic carbocycles. The van der Waals surface area contributed by atoms with E-state index in [-0.39, 0.29) is 12.5 Å². The molecule has 27 heavy (non-hydrogen) atoms. The van der Waals surface area contributed by atoms with Gasteiger partial charge >= 0.3 is 6.09 Å². The summed E-state index contributed by atoms with van der Waals surface area (Å²) in [6.45, 7) is 5.44. The first kappa shape index (κ1) is 21.3. The van der Waals surface area contributed by atoms with Crippen LogP contribution in [-0.4, -0.2) is 34.1 Å². The van der Waals surface area contributed by atoms with Crippen molar-refractivity contribution in [2.45, 2.75) is 32.2 Å². The monoisotopic (exact) mass is 452 g/mol. The van der Waals surface area contributed by atoms with Crippen molar-refractivity contribution < 1.29 is 14.7 Å². The van der Waals surface area contributed by atoms with Gasteiger partial charge in [0.2, 0.25) is 5.91 Å². The van der Waals surface area contributed by atoms with E-state index >= 15 is 0 Å². The minimum Gasteiger partial charge on any atom is -0.465 e. The van der Waals surface area contributed by atoms with E-state index in [1.807, 2.05) is 30.3 Å². The van der Waals surface area contributed by atoms with Gasteiger partial charge in [-0.2, -0.15) is 0 Å². The second kappa shape index (κ2) is 8.76. The molecule has 0 saturated carbocycles. The first-order valence-electron chi connectivity index (χ1n) is 8.41. The van der Waals surface area contributed by atoms with Crippen LogP contribution in [0.5, 0.6) is 0 Å². The number of anilines is 1. The van der Waals surface area contributed by atoms with E-state index in [1.54, 1.807) is 39.0 Å². The Labute approximate surface area is 172 Å². The molecule has 144 valence electrons. The number of carboxylic acid groups (broad SMARTS) is 1. The Balaban J connectivity index is 2.33. The third-order valence-electron chi connectivity index (χ3n) is 4.11. The van der Waals surface area contributed by atoms with Crippen molar-refractivity contribution in [2.75, 3.05) is 11.9 Å². The van der Waals surface area contributed by atoms with E-state index in [9.17, 15) is 14.7 Å². The molecule has 0 radical (unpaired) electrons. The molecule has 0 heterocycles. The molecule has 2 aromatic carbocycles. The molecule has 0 spiro atoms. The lowest BCUT2D eigenvalue weighted by molar-refractivity contribution is -0.118. The van der Waals surface area contributed by atoms with E-state index in [0.717, 1.165) is 10.0 Å². The molecule has 0 aliphatic rings. The van der Waals surface area contributed by atoms with Crippen LogP contribution in [0.25, 0.3) is 0 Å². The van der Waals surface area contributed by atoms with Gasteiger partial charge in [-0.15, -0.1) is 0 Å². The Morgan fingerprint density at radius 1 is 1.19 bits per heavy atom. The topological polar surface area (TPSA) is 69.6 Å². The molecule has 2 N–H and O–H groups in total. The van der Waals surface area contributed by atoms with Crippen molar-refractivity contribution in [3.63, 3.8) is 0 Å². The maximum Gasteiger partial charge on any atom is 0.407 e. The minimum atomic E-state index is -1.07. The molecule has 0 aromatic heterocycles. The van der Waals surface area contributed by atoms with E-state index in [0.29, 0.717) is 10.7 Å². The Kier molecular flexibility index (Phi) is 6.89. The molecule has 0 aliphatic heterocycles. The van der Waals surface area contributed by atoms with Gasteiger partial charge in [-0.3, -0.25) is 4.79 Å². The summed E-state index contributed by atoms with van der Waals surface area (Å²) in [7, 11) is 0. The van der Waals surface area contributed by atoms with Crippen LogP contribution in [0.15, 0.2) is 53.0 Å². The third-order valence-corrected chi connectivity index (χ3v) is 5.34. The van der Waals surface area contributed by atoms with Crippen LogP contribution in [0.4, 0.5) is 10.5 Å². The van der Waals surface area contributed by atoms with Crippen molar-refractivity contribution in [3.05, 3.63) is 63.6 Å². The summed E-state index contributed by atoms with van der Waals surface area (Å²) in [4.78, 5) is 26.0. The number of hydrogen-bond donors (Lipinski definition) is 2. The molecule has 2 aromatic rings. The van der Waals surface area contributed by atoms with Crippen LogP contribution in [0.1, 0.15) is 32.3 Å². The van der Waals surface area contributed by atoms with Gasteiger partial charge in [-0.05, 0) is 60.5 Å². The number of carbonyl (C=O) groups excluding carboxylic acids is 1. The van der Waals surface area contributed by atoms with E-state index in [4.69, 9.17) is 11.6 Å². The Bertz CT molecular complexity index is 822. The maximum atomic E-state index is 13.0. The normalized spacial score (nSPS) is 12.3. The quantitative estimate of drug-likeness (QED) is 0.619. The highest BCUT2D eigenvalue weighted by atomic mass is 79.9. The molecule has 0 saturated heterocycles. The van der Waals surface area contributed by atoms with Crippen LogP contribution < -0.4 is 5.32 Å². The highest BCUT2D eigenvalue weighted by molar-refractivity contribution is 9.10. The number of rotatable bonds is 5. The summed E-state index contributed by atoms with van der Waals surface area (Å²) in [6.07, 6.45) is -1.07. The first-order chi connectivity index (χ1) is 12.6. The van der Waals surface area contributed by atoms with Crippen LogP contribution >= 0.6 is 27.5 Å². The molecule has 0 bridgehead atoms. The van der Waals surface area contributed by atoms with Gasteiger partial charge in [0.15, 0.2) is 0 Å². The summed E-state index contributed by atoms with van der Waals surface area (Å²) in [6, 6.07) is 14.3. The van der Waals surface area contributed by atoms with Gasteiger partial charge in [-0.1, -0.05) is 41.9 Å². The number of amides is 2. The summed E-state index contributed by atoms with van der Waals surface area (Å²) >= 11 is 9.41. The Hall–Kier alpha value is -2.05. The van der Waals surface area contributed by atoms with Crippen molar-refractivity contribution in [1.29, 1.82) is 0 Å². The molecule has 0 fully saturated rings. The fourth-order valence-electron chi connectivity index (χ4n) is 2.65. The average Bonchev–Trinajstić information content (AvgIpc) is 2.58. The molecule has 2 amide bonds. The fourth-order valence-corrected chi connectivity index (χ4v) is 3.08. The van der Waals surface area contributed by atoms with Gasteiger partial charge < -0.3 is 15.3 Å².